The van der Waals surface area contributed by atoms with E-state index >= 15 is 0 Å². The zero-order valence-corrected chi connectivity index (χ0v) is 18.9. The molecule has 3 rings (SSSR count). The number of ether oxygens (including phenoxy) is 1. The number of carbonyl (C=O) groups excluding carboxylic acids is 2. The molecule has 0 spiro atoms. The highest BCUT2D eigenvalue weighted by molar-refractivity contribution is 5.73. The first-order chi connectivity index (χ1) is 15.5. The second kappa shape index (κ2) is 11.8. The standard InChI is InChI=1S/C28H31NO3/c1-22(30)29(19-10-12-24-11-9-17-27(21-24)32-23(2)31)20-18-28(25-13-5-3-6-14-25)26-15-7-4-8-16-26/h3-9,11,13-17,21,28H,10,12,18-20H2,1-2H3. The van der Waals surface area contributed by atoms with E-state index in [1.807, 2.05) is 35.2 Å². The van der Waals surface area contributed by atoms with Crippen LogP contribution in [-0.4, -0.2) is 29.9 Å². The summed E-state index contributed by atoms with van der Waals surface area (Å²) >= 11 is 0. The lowest BCUT2D eigenvalue weighted by molar-refractivity contribution is -0.132. The van der Waals surface area contributed by atoms with Gasteiger partial charge in [-0.25, -0.2) is 0 Å². The van der Waals surface area contributed by atoms with Crippen LogP contribution < -0.4 is 4.74 Å². The van der Waals surface area contributed by atoms with Crippen molar-refractivity contribution < 1.29 is 14.3 Å². The van der Waals surface area contributed by atoms with Gasteiger partial charge in [0.15, 0.2) is 0 Å². The Morgan fingerprint density at radius 3 is 2.00 bits per heavy atom. The minimum atomic E-state index is -0.323. The predicted molar refractivity (Wildman–Crippen MR) is 128 cm³/mol. The number of esters is 1. The van der Waals surface area contributed by atoms with E-state index in [-0.39, 0.29) is 17.8 Å². The quantitative estimate of drug-likeness (QED) is 0.311. The Hall–Kier alpha value is -3.40. The van der Waals surface area contributed by atoms with Crippen LogP contribution in [-0.2, 0) is 16.0 Å². The number of nitrogens with zero attached hydrogens (tertiary/aromatic N) is 1. The lowest BCUT2D eigenvalue weighted by Gasteiger charge is -2.25. The maximum Gasteiger partial charge on any atom is 0.308 e. The molecule has 32 heavy (non-hydrogen) atoms. The summed E-state index contributed by atoms with van der Waals surface area (Å²) in [5.41, 5.74) is 3.63. The van der Waals surface area contributed by atoms with E-state index in [0.717, 1.165) is 24.8 Å². The molecule has 0 saturated heterocycles. The molecule has 0 saturated carbocycles. The van der Waals surface area contributed by atoms with Gasteiger partial charge in [0.2, 0.25) is 5.91 Å². The molecule has 0 bridgehead atoms. The summed E-state index contributed by atoms with van der Waals surface area (Å²) < 4.78 is 5.17. The van der Waals surface area contributed by atoms with E-state index in [2.05, 4.69) is 48.5 Å². The smallest absolute Gasteiger partial charge is 0.308 e. The third-order valence-electron chi connectivity index (χ3n) is 5.59. The van der Waals surface area contributed by atoms with Gasteiger partial charge in [-0.15, -0.1) is 0 Å². The van der Waals surface area contributed by atoms with Crippen LogP contribution in [0, 0.1) is 0 Å². The van der Waals surface area contributed by atoms with E-state index in [1.165, 1.54) is 18.1 Å². The highest BCUT2D eigenvalue weighted by atomic mass is 16.5. The van der Waals surface area contributed by atoms with E-state index in [9.17, 15) is 9.59 Å². The fourth-order valence-corrected chi connectivity index (χ4v) is 4.01. The van der Waals surface area contributed by atoms with Crippen LogP contribution in [0.1, 0.15) is 49.3 Å². The van der Waals surface area contributed by atoms with Crippen molar-refractivity contribution in [1.82, 2.24) is 4.90 Å². The van der Waals surface area contributed by atoms with Gasteiger partial charge in [-0.05, 0) is 48.1 Å². The van der Waals surface area contributed by atoms with Gasteiger partial charge >= 0.3 is 5.97 Å². The summed E-state index contributed by atoms with van der Waals surface area (Å²) in [6.07, 6.45) is 2.54. The molecule has 0 fully saturated rings. The second-order valence-corrected chi connectivity index (χ2v) is 8.01. The molecule has 0 aliphatic carbocycles. The Labute approximate surface area is 190 Å². The highest BCUT2D eigenvalue weighted by Crippen LogP contribution is 2.28. The van der Waals surface area contributed by atoms with E-state index < -0.39 is 0 Å². The third-order valence-corrected chi connectivity index (χ3v) is 5.59. The monoisotopic (exact) mass is 429 g/mol. The predicted octanol–water partition coefficient (Wildman–Crippen LogP) is 5.62. The maximum atomic E-state index is 12.3. The van der Waals surface area contributed by atoms with Crippen LogP contribution in [0.4, 0.5) is 0 Å². The lowest BCUT2D eigenvalue weighted by Crippen LogP contribution is -2.32. The largest absolute Gasteiger partial charge is 0.427 e. The van der Waals surface area contributed by atoms with Gasteiger partial charge in [0.05, 0.1) is 0 Å². The second-order valence-electron chi connectivity index (χ2n) is 8.01. The van der Waals surface area contributed by atoms with Gasteiger partial charge in [0.25, 0.3) is 0 Å². The Kier molecular flexibility index (Phi) is 8.61. The molecule has 0 unspecified atom stereocenters. The highest BCUT2D eigenvalue weighted by Gasteiger charge is 2.17. The van der Waals surface area contributed by atoms with Crippen molar-refractivity contribution in [3.05, 3.63) is 102 Å². The van der Waals surface area contributed by atoms with Gasteiger partial charge in [-0.3, -0.25) is 9.59 Å². The molecule has 0 aliphatic rings. The Balaban J connectivity index is 1.61. The van der Waals surface area contributed by atoms with E-state index in [0.29, 0.717) is 18.8 Å². The van der Waals surface area contributed by atoms with Crippen molar-refractivity contribution in [2.24, 2.45) is 0 Å². The molecule has 3 aromatic rings. The molecule has 0 aliphatic heterocycles. The molecule has 0 atom stereocenters. The number of benzene rings is 3. The summed E-state index contributed by atoms with van der Waals surface area (Å²) in [5.74, 6) is 0.585. The third kappa shape index (κ3) is 7.09. The molecule has 1 amide bonds. The normalized spacial score (nSPS) is 10.7. The van der Waals surface area contributed by atoms with Gasteiger partial charge in [0.1, 0.15) is 5.75 Å². The number of amides is 1. The Morgan fingerprint density at radius 2 is 1.44 bits per heavy atom. The molecular formula is C28H31NO3. The molecule has 166 valence electrons. The molecule has 0 N–H and O–H groups in total. The summed E-state index contributed by atoms with van der Waals surface area (Å²) in [4.78, 5) is 25.4. The number of hydrogen-bond donors (Lipinski definition) is 0. The maximum absolute atomic E-state index is 12.3. The molecule has 0 heterocycles. The number of rotatable bonds is 10. The number of carbonyl (C=O) groups is 2. The van der Waals surface area contributed by atoms with Crippen LogP contribution in [0.25, 0.3) is 0 Å². The molecule has 0 radical (unpaired) electrons. The molecule has 4 heteroatoms. The summed E-state index contributed by atoms with van der Waals surface area (Å²) in [6, 6.07) is 28.5. The van der Waals surface area contributed by atoms with Crippen molar-refractivity contribution in [2.45, 2.75) is 39.0 Å². The average Bonchev–Trinajstić information content (AvgIpc) is 2.79. The van der Waals surface area contributed by atoms with Crippen LogP contribution in [0.15, 0.2) is 84.9 Å². The zero-order chi connectivity index (χ0) is 22.8. The van der Waals surface area contributed by atoms with Crippen molar-refractivity contribution in [1.29, 1.82) is 0 Å². The topological polar surface area (TPSA) is 46.6 Å². The van der Waals surface area contributed by atoms with Crippen LogP contribution in [0.5, 0.6) is 5.75 Å². The molecular weight excluding hydrogens is 398 g/mol. The van der Waals surface area contributed by atoms with Crippen LogP contribution in [0.3, 0.4) is 0 Å². The van der Waals surface area contributed by atoms with Gasteiger partial charge in [-0.2, -0.15) is 0 Å². The average molecular weight is 430 g/mol. The van der Waals surface area contributed by atoms with Crippen molar-refractivity contribution in [3.8, 4) is 5.75 Å². The minimum Gasteiger partial charge on any atom is -0.427 e. The number of aryl methyl sites for hydroxylation is 1. The molecule has 3 aromatic carbocycles. The van der Waals surface area contributed by atoms with Gasteiger partial charge in [-0.1, -0.05) is 72.8 Å². The summed E-state index contributed by atoms with van der Waals surface area (Å²) in [7, 11) is 0. The van der Waals surface area contributed by atoms with E-state index in [1.54, 1.807) is 13.0 Å². The molecule has 4 nitrogen and oxygen atoms in total. The fraction of sp³-hybridized carbons (Fsp3) is 0.286. The lowest BCUT2D eigenvalue weighted by atomic mass is 9.88. The first-order valence-electron chi connectivity index (χ1n) is 11.2. The first kappa shape index (κ1) is 23.3. The SMILES string of the molecule is CC(=O)Oc1cccc(CCCN(CCC(c2ccccc2)c2ccccc2)C(C)=O)c1. The minimum absolute atomic E-state index is 0.0959. The van der Waals surface area contributed by atoms with Gasteiger partial charge < -0.3 is 9.64 Å². The summed E-state index contributed by atoms with van der Waals surface area (Å²) in [5, 5.41) is 0. The van der Waals surface area contributed by atoms with Crippen molar-refractivity contribution >= 4 is 11.9 Å². The molecule has 0 aromatic heterocycles. The first-order valence-corrected chi connectivity index (χ1v) is 11.2. The van der Waals surface area contributed by atoms with E-state index in [4.69, 9.17) is 4.74 Å². The van der Waals surface area contributed by atoms with Crippen LogP contribution in [0.2, 0.25) is 0 Å². The fourth-order valence-electron chi connectivity index (χ4n) is 4.01. The van der Waals surface area contributed by atoms with Crippen molar-refractivity contribution in [2.75, 3.05) is 13.1 Å². The number of hydrogen-bond acceptors (Lipinski definition) is 3. The Morgan fingerprint density at radius 1 is 0.812 bits per heavy atom. The Bertz CT molecular complexity index is 962. The summed E-state index contributed by atoms with van der Waals surface area (Å²) in [6.45, 7) is 4.44. The van der Waals surface area contributed by atoms with Crippen LogP contribution >= 0.6 is 0 Å². The zero-order valence-electron chi connectivity index (χ0n) is 18.9. The van der Waals surface area contributed by atoms with Gasteiger partial charge in [0, 0.05) is 32.9 Å². The van der Waals surface area contributed by atoms with Crippen molar-refractivity contribution in [3.63, 3.8) is 0 Å².